The minimum Gasteiger partial charge on any atom is -0.378 e. The Morgan fingerprint density at radius 1 is 1.53 bits per heavy atom. The minimum atomic E-state index is -3.11. The highest BCUT2D eigenvalue weighted by Crippen LogP contribution is 2.27. The van der Waals surface area contributed by atoms with Gasteiger partial charge >= 0.3 is 5.69 Å². The summed E-state index contributed by atoms with van der Waals surface area (Å²) in [5, 5.41) is 13.0. The smallest absolute Gasteiger partial charge is 0.352 e. The zero-order chi connectivity index (χ0) is 14.0. The number of nitrogens with one attached hydrogen (secondary N) is 1. The van der Waals surface area contributed by atoms with Crippen LogP contribution in [0.25, 0.3) is 0 Å². The average molecular weight is 287 g/mol. The van der Waals surface area contributed by atoms with E-state index in [1.54, 1.807) is 0 Å². The number of nitro groups is 1. The zero-order valence-electron chi connectivity index (χ0n) is 9.94. The molecule has 10 heteroatoms. The average Bonchev–Trinajstić information content (AvgIpc) is 2.65. The summed E-state index contributed by atoms with van der Waals surface area (Å²) in [7, 11) is -3.11. The molecule has 0 spiro atoms. The van der Waals surface area contributed by atoms with E-state index < -0.39 is 25.7 Å². The first-order valence-electron chi connectivity index (χ1n) is 5.62. The fourth-order valence-corrected chi connectivity index (χ4v) is 3.77. The highest BCUT2D eigenvalue weighted by Gasteiger charge is 2.32. The molecule has 1 atom stereocenters. The Balaban J connectivity index is 2.16. The molecule has 3 N–H and O–H groups in total. The van der Waals surface area contributed by atoms with E-state index in [9.17, 15) is 18.5 Å². The maximum atomic E-state index is 11.6. The number of aromatic nitrogens is 2. The molecular weight excluding hydrogens is 274 g/mol. The molecule has 0 amide bonds. The van der Waals surface area contributed by atoms with Crippen molar-refractivity contribution in [3.8, 4) is 0 Å². The van der Waals surface area contributed by atoms with Crippen LogP contribution in [0.2, 0.25) is 0 Å². The van der Waals surface area contributed by atoms with E-state index in [1.807, 2.05) is 0 Å². The molecule has 0 bridgehead atoms. The Labute approximate surface area is 109 Å². The van der Waals surface area contributed by atoms with E-state index in [-0.39, 0.29) is 23.9 Å². The van der Waals surface area contributed by atoms with Crippen molar-refractivity contribution in [3.05, 3.63) is 16.4 Å². The van der Waals surface area contributed by atoms with Crippen LogP contribution in [0.1, 0.15) is 12.8 Å². The van der Waals surface area contributed by atoms with Gasteiger partial charge in [-0.1, -0.05) is 0 Å². The van der Waals surface area contributed by atoms with E-state index >= 15 is 0 Å². The molecule has 9 nitrogen and oxygen atoms in total. The third kappa shape index (κ3) is 2.72. The fraction of sp³-hybridized carbons (Fsp3) is 0.556. The number of hydrogen-bond donors (Lipinski definition) is 2. The molecule has 1 saturated heterocycles. The number of nitrogen functional groups attached to an aromatic ring is 1. The lowest BCUT2D eigenvalue weighted by Crippen LogP contribution is -2.25. The van der Waals surface area contributed by atoms with Crippen molar-refractivity contribution < 1.29 is 13.3 Å². The van der Waals surface area contributed by atoms with Gasteiger partial charge in [-0.05, 0) is 12.8 Å². The molecule has 1 aromatic rings. The molecule has 0 aliphatic carbocycles. The van der Waals surface area contributed by atoms with Crippen LogP contribution in [0.4, 0.5) is 17.3 Å². The third-order valence-corrected chi connectivity index (χ3v) is 5.27. The molecule has 2 heterocycles. The van der Waals surface area contributed by atoms with Crippen molar-refractivity contribution in [3.63, 3.8) is 0 Å². The van der Waals surface area contributed by atoms with Crippen molar-refractivity contribution in [2.45, 2.75) is 18.1 Å². The largest absolute Gasteiger partial charge is 0.378 e. The standard InChI is InChI=1S/C9H13N5O4S/c10-8-7(14(15)16)9(13-5-12-8)11-4-6-2-1-3-19(6,17)18/h5-6H,1-4H2,(H3,10,11,12,13). The lowest BCUT2D eigenvalue weighted by Gasteiger charge is -2.11. The van der Waals surface area contributed by atoms with Crippen molar-refractivity contribution in [1.82, 2.24) is 9.97 Å². The van der Waals surface area contributed by atoms with Gasteiger partial charge < -0.3 is 11.1 Å². The summed E-state index contributed by atoms with van der Waals surface area (Å²) in [6, 6.07) is 0. The molecule has 1 aromatic heterocycles. The molecular formula is C9H13N5O4S. The number of anilines is 2. The van der Waals surface area contributed by atoms with Crippen molar-refractivity contribution >= 4 is 27.2 Å². The van der Waals surface area contributed by atoms with Crippen molar-refractivity contribution in [1.29, 1.82) is 0 Å². The first kappa shape index (κ1) is 13.5. The lowest BCUT2D eigenvalue weighted by atomic mass is 10.2. The summed E-state index contributed by atoms with van der Waals surface area (Å²) in [4.78, 5) is 17.4. The van der Waals surface area contributed by atoms with Crippen LogP contribution < -0.4 is 11.1 Å². The Hall–Kier alpha value is -1.97. The highest BCUT2D eigenvalue weighted by atomic mass is 32.2. The van der Waals surface area contributed by atoms with E-state index in [1.165, 1.54) is 0 Å². The first-order chi connectivity index (χ1) is 8.92. The topological polar surface area (TPSA) is 141 Å². The van der Waals surface area contributed by atoms with E-state index in [0.29, 0.717) is 12.8 Å². The summed E-state index contributed by atoms with van der Waals surface area (Å²) < 4.78 is 23.3. The summed E-state index contributed by atoms with van der Waals surface area (Å²) in [6.45, 7) is 0.0830. The van der Waals surface area contributed by atoms with Gasteiger partial charge in [-0.25, -0.2) is 18.4 Å². The lowest BCUT2D eigenvalue weighted by molar-refractivity contribution is -0.383. The van der Waals surface area contributed by atoms with Crippen molar-refractivity contribution in [2.75, 3.05) is 23.3 Å². The van der Waals surface area contributed by atoms with Gasteiger partial charge in [0.1, 0.15) is 6.33 Å². The van der Waals surface area contributed by atoms with Crippen molar-refractivity contribution in [2.24, 2.45) is 0 Å². The second kappa shape index (κ2) is 4.96. The van der Waals surface area contributed by atoms with E-state index in [4.69, 9.17) is 5.73 Å². The van der Waals surface area contributed by atoms with E-state index in [0.717, 1.165) is 6.33 Å². The first-order valence-corrected chi connectivity index (χ1v) is 7.33. The second-order valence-electron chi connectivity index (χ2n) is 4.23. The summed E-state index contributed by atoms with van der Waals surface area (Å²) in [5.41, 5.74) is 4.98. The SMILES string of the molecule is Nc1ncnc(NCC2CCCS2(=O)=O)c1[N+](=O)[O-]. The van der Waals surface area contributed by atoms with Crippen LogP contribution in [-0.4, -0.2) is 40.9 Å². The molecule has 1 aliphatic heterocycles. The Morgan fingerprint density at radius 2 is 2.26 bits per heavy atom. The van der Waals surface area contributed by atoms with Crippen LogP contribution in [0.15, 0.2) is 6.33 Å². The zero-order valence-corrected chi connectivity index (χ0v) is 10.8. The molecule has 1 aliphatic rings. The number of nitrogens with two attached hydrogens (primary N) is 1. The molecule has 0 saturated carbocycles. The Morgan fingerprint density at radius 3 is 2.84 bits per heavy atom. The van der Waals surface area contributed by atoms with Gasteiger partial charge in [-0.3, -0.25) is 10.1 Å². The van der Waals surface area contributed by atoms with Gasteiger partial charge in [0.15, 0.2) is 9.84 Å². The number of nitrogens with zero attached hydrogens (tertiary/aromatic N) is 3. The molecule has 2 rings (SSSR count). The van der Waals surface area contributed by atoms with Gasteiger partial charge in [0.25, 0.3) is 0 Å². The Kier molecular flexibility index (Phi) is 3.51. The minimum absolute atomic E-state index is 0.0559. The monoisotopic (exact) mass is 287 g/mol. The van der Waals surface area contributed by atoms with Gasteiger partial charge in [0.05, 0.1) is 15.9 Å². The number of sulfone groups is 1. The molecule has 19 heavy (non-hydrogen) atoms. The third-order valence-electron chi connectivity index (χ3n) is 2.99. The fourth-order valence-electron chi connectivity index (χ4n) is 2.00. The molecule has 1 unspecified atom stereocenters. The molecule has 104 valence electrons. The van der Waals surface area contributed by atoms with Crippen LogP contribution >= 0.6 is 0 Å². The number of hydrogen-bond acceptors (Lipinski definition) is 8. The predicted octanol–water partition coefficient (Wildman–Crippen LogP) is -0.0439. The normalized spacial score (nSPS) is 21.2. The highest BCUT2D eigenvalue weighted by molar-refractivity contribution is 7.92. The van der Waals surface area contributed by atoms with Crippen LogP contribution in [-0.2, 0) is 9.84 Å². The number of rotatable bonds is 4. The predicted molar refractivity (Wildman–Crippen MR) is 68.4 cm³/mol. The molecule has 0 aromatic carbocycles. The van der Waals surface area contributed by atoms with Crippen LogP contribution in [0, 0.1) is 10.1 Å². The van der Waals surface area contributed by atoms with Gasteiger partial charge in [0, 0.05) is 6.54 Å². The summed E-state index contributed by atoms with van der Waals surface area (Å²) >= 11 is 0. The van der Waals surface area contributed by atoms with Crippen LogP contribution in [0.5, 0.6) is 0 Å². The van der Waals surface area contributed by atoms with E-state index in [2.05, 4.69) is 15.3 Å². The van der Waals surface area contributed by atoms with Gasteiger partial charge in [0.2, 0.25) is 11.6 Å². The van der Waals surface area contributed by atoms with Gasteiger partial charge in [-0.15, -0.1) is 0 Å². The molecule has 1 fully saturated rings. The maximum Gasteiger partial charge on any atom is 0.352 e. The van der Waals surface area contributed by atoms with Crippen LogP contribution in [0.3, 0.4) is 0 Å². The molecule has 0 radical (unpaired) electrons. The van der Waals surface area contributed by atoms with Gasteiger partial charge in [-0.2, -0.15) is 0 Å². The Bertz CT molecular complexity index is 603. The maximum absolute atomic E-state index is 11.6. The summed E-state index contributed by atoms with van der Waals surface area (Å²) in [5.74, 6) is -0.149. The quantitative estimate of drug-likeness (QED) is 0.580. The second-order valence-corrected chi connectivity index (χ2v) is 6.63. The summed E-state index contributed by atoms with van der Waals surface area (Å²) in [6.07, 6.45) is 2.25.